The van der Waals surface area contributed by atoms with Crippen molar-refractivity contribution < 1.29 is 14.3 Å². The Morgan fingerprint density at radius 1 is 1.15 bits per heavy atom. The number of hydrogen-bond donors (Lipinski definition) is 0. The van der Waals surface area contributed by atoms with E-state index in [-0.39, 0.29) is 5.78 Å². The Hall–Kier alpha value is -1.81. The Kier molecular flexibility index (Phi) is 4.79. The van der Waals surface area contributed by atoms with Crippen molar-refractivity contribution in [1.29, 1.82) is 0 Å². The Labute approximate surface area is 126 Å². The van der Waals surface area contributed by atoms with E-state index in [0.717, 1.165) is 5.56 Å². The van der Waals surface area contributed by atoms with Crippen LogP contribution in [-0.4, -0.2) is 12.9 Å². The van der Waals surface area contributed by atoms with Crippen molar-refractivity contribution in [2.75, 3.05) is 7.11 Å². The second-order valence-corrected chi connectivity index (χ2v) is 5.08. The molecule has 0 aliphatic heterocycles. The maximum Gasteiger partial charge on any atom is 0.175 e. The first-order valence-electron chi connectivity index (χ1n) is 6.17. The Balaban J connectivity index is 2.24. The van der Waals surface area contributed by atoms with Gasteiger partial charge in [-0.25, -0.2) is 0 Å². The lowest BCUT2D eigenvalue weighted by Gasteiger charge is -2.14. The van der Waals surface area contributed by atoms with Gasteiger partial charge in [0, 0.05) is 5.56 Å². The molecule has 2 aromatic carbocycles. The van der Waals surface area contributed by atoms with Crippen LogP contribution in [-0.2, 0) is 6.61 Å². The van der Waals surface area contributed by atoms with Crippen molar-refractivity contribution >= 4 is 21.7 Å². The van der Waals surface area contributed by atoms with Crippen LogP contribution in [0.4, 0.5) is 0 Å². The number of carbonyl (C=O) groups is 1. The summed E-state index contributed by atoms with van der Waals surface area (Å²) in [7, 11) is 1.55. The van der Waals surface area contributed by atoms with Crippen LogP contribution < -0.4 is 9.47 Å². The van der Waals surface area contributed by atoms with Gasteiger partial charge in [-0.1, -0.05) is 30.3 Å². The lowest BCUT2D eigenvalue weighted by Crippen LogP contribution is -2.01. The number of ketones is 1. The molecule has 0 bridgehead atoms. The second-order valence-electron chi connectivity index (χ2n) is 4.29. The van der Waals surface area contributed by atoms with Crippen LogP contribution in [0.5, 0.6) is 11.5 Å². The topological polar surface area (TPSA) is 35.5 Å². The predicted molar refractivity (Wildman–Crippen MR) is 81.5 cm³/mol. The molecule has 2 aromatic rings. The zero-order valence-electron chi connectivity index (χ0n) is 11.4. The summed E-state index contributed by atoms with van der Waals surface area (Å²) in [6.45, 7) is 1.97. The van der Waals surface area contributed by atoms with Crippen molar-refractivity contribution in [2.24, 2.45) is 0 Å². The second kappa shape index (κ2) is 6.57. The zero-order valence-corrected chi connectivity index (χ0v) is 12.9. The summed E-state index contributed by atoms with van der Waals surface area (Å²) in [4.78, 5) is 11.5. The molecule has 104 valence electrons. The minimum atomic E-state index is -0.0233. The van der Waals surface area contributed by atoms with Gasteiger partial charge in [-0.15, -0.1) is 0 Å². The third kappa shape index (κ3) is 3.20. The van der Waals surface area contributed by atoms with Gasteiger partial charge in [0.1, 0.15) is 6.61 Å². The molecule has 4 heteroatoms. The van der Waals surface area contributed by atoms with Crippen molar-refractivity contribution in [2.45, 2.75) is 13.5 Å². The summed E-state index contributed by atoms with van der Waals surface area (Å²) in [6, 6.07) is 13.4. The molecule has 3 nitrogen and oxygen atoms in total. The SMILES string of the molecule is COc1c(OCc2ccccc2)ccc(C(C)=O)c1Br. The summed E-state index contributed by atoms with van der Waals surface area (Å²) >= 11 is 3.39. The van der Waals surface area contributed by atoms with Crippen molar-refractivity contribution in [3.63, 3.8) is 0 Å². The predicted octanol–water partition coefficient (Wildman–Crippen LogP) is 4.24. The molecule has 0 spiro atoms. The number of carbonyl (C=O) groups excluding carboxylic acids is 1. The van der Waals surface area contributed by atoms with Gasteiger partial charge in [0.25, 0.3) is 0 Å². The van der Waals surface area contributed by atoms with Gasteiger partial charge in [-0.3, -0.25) is 4.79 Å². The molecule has 0 aliphatic carbocycles. The summed E-state index contributed by atoms with van der Waals surface area (Å²) in [6.07, 6.45) is 0. The fourth-order valence-electron chi connectivity index (χ4n) is 1.85. The van der Waals surface area contributed by atoms with Crippen LogP contribution in [0.2, 0.25) is 0 Å². The Bertz CT molecular complexity index is 609. The van der Waals surface area contributed by atoms with Crippen molar-refractivity contribution in [1.82, 2.24) is 0 Å². The average Bonchev–Trinajstić information content (AvgIpc) is 2.45. The fraction of sp³-hybridized carbons (Fsp3) is 0.188. The summed E-state index contributed by atoms with van der Waals surface area (Å²) < 4.78 is 11.7. The third-order valence-electron chi connectivity index (χ3n) is 2.88. The number of benzene rings is 2. The van der Waals surface area contributed by atoms with E-state index in [1.54, 1.807) is 19.2 Å². The minimum Gasteiger partial charge on any atom is -0.492 e. The van der Waals surface area contributed by atoms with E-state index in [9.17, 15) is 4.79 Å². The van der Waals surface area contributed by atoms with Gasteiger partial charge in [-0.05, 0) is 40.5 Å². The standard InChI is InChI=1S/C16H15BrO3/c1-11(18)13-8-9-14(16(19-2)15(13)17)20-10-12-6-4-3-5-7-12/h3-9H,10H2,1-2H3. The molecule has 0 aromatic heterocycles. The van der Waals surface area contributed by atoms with Crippen LogP contribution in [0.3, 0.4) is 0 Å². The highest BCUT2D eigenvalue weighted by Crippen LogP contribution is 2.38. The zero-order chi connectivity index (χ0) is 14.5. The van der Waals surface area contributed by atoms with Gasteiger partial charge in [0.15, 0.2) is 17.3 Å². The maximum atomic E-state index is 11.5. The van der Waals surface area contributed by atoms with Gasteiger partial charge in [0.2, 0.25) is 0 Å². The maximum absolute atomic E-state index is 11.5. The summed E-state index contributed by atoms with van der Waals surface area (Å²) in [5.74, 6) is 1.12. The van der Waals surface area contributed by atoms with E-state index in [0.29, 0.717) is 28.1 Å². The molecule has 0 saturated carbocycles. The number of Topliss-reactive ketones (excluding diaryl/α,β-unsaturated/α-hetero) is 1. The molecule has 0 aliphatic rings. The molecule has 0 atom stereocenters. The number of halogens is 1. The van der Waals surface area contributed by atoms with Crippen LogP contribution in [0.25, 0.3) is 0 Å². The van der Waals surface area contributed by atoms with E-state index < -0.39 is 0 Å². The van der Waals surface area contributed by atoms with Crippen molar-refractivity contribution in [3.05, 3.63) is 58.1 Å². The Morgan fingerprint density at radius 3 is 2.45 bits per heavy atom. The molecule has 20 heavy (non-hydrogen) atoms. The van der Waals surface area contributed by atoms with Gasteiger partial charge >= 0.3 is 0 Å². The Morgan fingerprint density at radius 2 is 1.85 bits per heavy atom. The molecule has 0 amide bonds. The average molecular weight is 335 g/mol. The number of methoxy groups -OCH3 is 1. The van der Waals surface area contributed by atoms with Crippen LogP contribution >= 0.6 is 15.9 Å². The first kappa shape index (κ1) is 14.6. The molecular weight excluding hydrogens is 320 g/mol. The van der Waals surface area contributed by atoms with E-state index in [1.165, 1.54) is 6.92 Å². The highest BCUT2D eigenvalue weighted by Gasteiger charge is 2.15. The van der Waals surface area contributed by atoms with E-state index in [4.69, 9.17) is 9.47 Å². The molecule has 0 radical (unpaired) electrons. The highest BCUT2D eigenvalue weighted by atomic mass is 79.9. The van der Waals surface area contributed by atoms with Crippen LogP contribution in [0.1, 0.15) is 22.8 Å². The molecule has 0 fully saturated rings. The number of ether oxygens (including phenoxy) is 2. The minimum absolute atomic E-state index is 0.0233. The molecule has 0 saturated heterocycles. The van der Waals surface area contributed by atoms with Gasteiger partial charge in [0.05, 0.1) is 11.6 Å². The molecule has 0 unspecified atom stereocenters. The molecular formula is C16H15BrO3. The normalized spacial score (nSPS) is 10.2. The molecule has 2 rings (SSSR count). The third-order valence-corrected chi connectivity index (χ3v) is 3.67. The largest absolute Gasteiger partial charge is 0.492 e. The number of rotatable bonds is 5. The van der Waals surface area contributed by atoms with E-state index in [2.05, 4.69) is 15.9 Å². The molecule has 0 N–H and O–H groups in total. The smallest absolute Gasteiger partial charge is 0.175 e. The summed E-state index contributed by atoms with van der Waals surface area (Å²) in [5, 5.41) is 0. The first-order valence-corrected chi connectivity index (χ1v) is 6.97. The lowest BCUT2D eigenvalue weighted by molar-refractivity contribution is 0.101. The highest BCUT2D eigenvalue weighted by molar-refractivity contribution is 9.10. The lowest BCUT2D eigenvalue weighted by atomic mass is 10.1. The number of hydrogen-bond acceptors (Lipinski definition) is 3. The quantitative estimate of drug-likeness (QED) is 0.767. The van der Waals surface area contributed by atoms with Crippen LogP contribution in [0, 0.1) is 0 Å². The van der Waals surface area contributed by atoms with E-state index in [1.807, 2.05) is 30.3 Å². The van der Waals surface area contributed by atoms with E-state index >= 15 is 0 Å². The monoisotopic (exact) mass is 334 g/mol. The summed E-state index contributed by atoms with van der Waals surface area (Å²) in [5.41, 5.74) is 1.65. The van der Waals surface area contributed by atoms with Gasteiger partial charge in [-0.2, -0.15) is 0 Å². The van der Waals surface area contributed by atoms with Crippen molar-refractivity contribution in [3.8, 4) is 11.5 Å². The fourth-order valence-corrected chi connectivity index (χ4v) is 2.62. The first-order chi connectivity index (χ1) is 9.63. The van der Waals surface area contributed by atoms with Crippen LogP contribution in [0.15, 0.2) is 46.9 Å². The van der Waals surface area contributed by atoms with Gasteiger partial charge < -0.3 is 9.47 Å². The molecule has 0 heterocycles.